The number of anilines is 1. The molecule has 0 atom stereocenters. The Bertz CT molecular complexity index is 457. The largest absolute Gasteiger partial charge is 0.354 e. The van der Waals surface area contributed by atoms with Gasteiger partial charge in [-0.15, -0.1) is 0 Å². The molecule has 2 saturated carbocycles. The molecular weight excluding hydrogens is 248 g/mol. The summed E-state index contributed by atoms with van der Waals surface area (Å²) in [5.41, 5.74) is 0. The third-order valence-corrected chi connectivity index (χ3v) is 5.08. The molecule has 0 radical (unpaired) electrons. The smallest absolute Gasteiger partial charge is 0.133 e. The molecule has 2 aliphatic carbocycles. The zero-order chi connectivity index (χ0) is 13.4. The molecule has 3 fully saturated rings. The lowest BCUT2D eigenvalue weighted by Crippen LogP contribution is -2.50. The van der Waals surface area contributed by atoms with Crippen LogP contribution >= 0.6 is 0 Å². The first-order chi connectivity index (χ1) is 9.90. The van der Waals surface area contributed by atoms with Gasteiger partial charge in [-0.3, -0.25) is 4.90 Å². The second-order valence-electron chi connectivity index (χ2n) is 6.51. The molecule has 0 amide bonds. The quantitative estimate of drug-likeness (QED) is 0.846. The first-order valence-electron chi connectivity index (χ1n) is 8.22. The van der Waals surface area contributed by atoms with Gasteiger partial charge in [0.2, 0.25) is 0 Å². The molecule has 0 bridgehead atoms. The average molecular weight is 272 g/mol. The van der Waals surface area contributed by atoms with Gasteiger partial charge in [-0.05, 0) is 31.7 Å². The first-order valence-corrected chi connectivity index (χ1v) is 8.22. The second-order valence-corrected chi connectivity index (χ2v) is 6.51. The summed E-state index contributed by atoms with van der Waals surface area (Å²) in [6.07, 6.45) is 10.2. The highest BCUT2D eigenvalue weighted by Crippen LogP contribution is 2.38. The molecule has 0 unspecified atom stereocenters. The van der Waals surface area contributed by atoms with Crippen LogP contribution in [0.15, 0.2) is 12.3 Å². The van der Waals surface area contributed by atoms with E-state index in [1.54, 1.807) is 0 Å². The number of hydrogen-bond acceptors (Lipinski definition) is 4. The number of hydrogen-bond donors (Lipinski definition) is 0. The predicted molar refractivity (Wildman–Crippen MR) is 80.0 cm³/mol. The van der Waals surface area contributed by atoms with E-state index in [0.29, 0.717) is 5.92 Å². The van der Waals surface area contributed by atoms with Gasteiger partial charge in [0.1, 0.15) is 11.6 Å². The third kappa shape index (κ3) is 2.53. The normalized spacial score (nSPS) is 25.3. The summed E-state index contributed by atoms with van der Waals surface area (Å²) in [7, 11) is 0. The Kier molecular flexibility index (Phi) is 3.34. The fourth-order valence-electron chi connectivity index (χ4n) is 3.66. The highest BCUT2D eigenvalue weighted by Gasteiger charge is 2.29. The fraction of sp³-hybridized carbons (Fsp3) is 0.750. The third-order valence-electron chi connectivity index (χ3n) is 5.08. The highest BCUT2D eigenvalue weighted by atomic mass is 15.3. The summed E-state index contributed by atoms with van der Waals surface area (Å²) in [4.78, 5) is 14.3. The van der Waals surface area contributed by atoms with Crippen LogP contribution in [0.2, 0.25) is 0 Å². The van der Waals surface area contributed by atoms with E-state index in [0.717, 1.165) is 30.8 Å². The number of piperazine rings is 1. The molecule has 4 rings (SSSR count). The van der Waals surface area contributed by atoms with Crippen molar-refractivity contribution in [1.29, 1.82) is 0 Å². The molecule has 3 aliphatic rings. The van der Waals surface area contributed by atoms with Gasteiger partial charge in [-0.1, -0.05) is 12.8 Å². The highest BCUT2D eigenvalue weighted by molar-refractivity contribution is 5.38. The molecule has 1 aromatic heterocycles. The summed E-state index contributed by atoms with van der Waals surface area (Å²) < 4.78 is 0. The molecule has 108 valence electrons. The average Bonchev–Trinajstić information content (AvgIpc) is 3.23. The van der Waals surface area contributed by atoms with Crippen LogP contribution < -0.4 is 4.90 Å². The molecule has 20 heavy (non-hydrogen) atoms. The van der Waals surface area contributed by atoms with E-state index in [-0.39, 0.29) is 0 Å². The number of rotatable bonds is 3. The molecular formula is C16H24N4. The van der Waals surface area contributed by atoms with Crippen LogP contribution in [0.3, 0.4) is 0 Å². The van der Waals surface area contributed by atoms with E-state index in [4.69, 9.17) is 4.98 Å². The molecule has 4 nitrogen and oxygen atoms in total. The fourth-order valence-corrected chi connectivity index (χ4v) is 3.66. The molecule has 0 N–H and O–H groups in total. The van der Waals surface area contributed by atoms with Crippen LogP contribution in [0.25, 0.3) is 0 Å². The summed E-state index contributed by atoms with van der Waals surface area (Å²) in [5.74, 6) is 2.86. The monoisotopic (exact) mass is 272 g/mol. The minimum Gasteiger partial charge on any atom is -0.354 e. The summed E-state index contributed by atoms with van der Waals surface area (Å²) in [6.45, 7) is 4.65. The van der Waals surface area contributed by atoms with Gasteiger partial charge < -0.3 is 4.90 Å². The van der Waals surface area contributed by atoms with Crippen molar-refractivity contribution in [3.05, 3.63) is 18.1 Å². The van der Waals surface area contributed by atoms with Crippen LogP contribution in [-0.4, -0.2) is 47.1 Å². The van der Waals surface area contributed by atoms with E-state index < -0.39 is 0 Å². The van der Waals surface area contributed by atoms with Crippen molar-refractivity contribution in [2.75, 3.05) is 31.1 Å². The van der Waals surface area contributed by atoms with E-state index in [9.17, 15) is 0 Å². The Hall–Kier alpha value is -1.16. The maximum absolute atomic E-state index is 4.78. The van der Waals surface area contributed by atoms with Gasteiger partial charge in [-0.2, -0.15) is 0 Å². The van der Waals surface area contributed by atoms with Crippen LogP contribution in [0.1, 0.15) is 50.3 Å². The molecule has 4 heteroatoms. The van der Waals surface area contributed by atoms with Crippen LogP contribution in [0.4, 0.5) is 5.82 Å². The van der Waals surface area contributed by atoms with Crippen molar-refractivity contribution >= 4 is 5.82 Å². The molecule has 1 aliphatic heterocycles. The van der Waals surface area contributed by atoms with Crippen LogP contribution in [-0.2, 0) is 0 Å². The van der Waals surface area contributed by atoms with Gasteiger partial charge in [-0.25, -0.2) is 9.97 Å². The Morgan fingerprint density at radius 3 is 2.40 bits per heavy atom. The maximum Gasteiger partial charge on any atom is 0.133 e. The Balaban J connectivity index is 1.39. The van der Waals surface area contributed by atoms with Gasteiger partial charge in [0.15, 0.2) is 0 Å². The lowest BCUT2D eigenvalue weighted by molar-refractivity contribution is 0.187. The standard InChI is InChI=1S/C16H24N4/c1-2-4-14(3-1)19-9-11-20(12-10-19)15-7-8-17-16(18-15)13-5-6-13/h7-8,13-14H,1-6,9-12H2. The van der Waals surface area contributed by atoms with Gasteiger partial charge in [0, 0.05) is 44.3 Å². The lowest BCUT2D eigenvalue weighted by atomic mass is 10.2. The summed E-state index contributed by atoms with van der Waals surface area (Å²) in [6, 6.07) is 2.95. The first kappa shape index (κ1) is 12.6. The Morgan fingerprint density at radius 2 is 1.70 bits per heavy atom. The summed E-state index contributed by atoms with van der Waals surface area (Å²) in [5, 5.41) is 0. The van der Waals surface area contributed by atoms with E-state index in [2.05, 4.69) is 20.9 Å². The van der Waals surface area contributed by atoms with Crippen LogP contribution in [0, 0.1) is 0 Å². The van der Waals surface area contributed by atoms with E-state index in [1.165, 1.54) is 51.6 Å². The van der Waals surface area contributed by atoms with Crippen molar-refractivity contribution in [2.24, 2.45) is 0 Å². The Morgan fingerprint density at radius 1 is 0.950 bits per heavy atom. The summed E-state index contributed by atoms with van der Waals surface area (Å²) >= 11 is 0. The molecule has 2 heterocycles. The topological polar surface area (TPSA) is 32.3 Å². The maximum atomic E-state index is 4.78. The van der Waals surface area contributed by atoms with E-state index >= 15 is 0 Å². The molecule has 0 spiro atoms. The van der Waals surface area contributed by atoms with Crippen molar-refractivity contribution < 1.29 is 0 Å². The molecule has 0 aromatic carbocycles. The van der Waals surface area contributed by atoms with Crippen LogP contribution in [0.5, 0.6) is 0 Å². The van der Waals surface area contributed by atoms with E-state index in [1.807, 2.05) is 6.20 Å². The zero-order valence-corrected chi connectivity index (χ0v) is 12.2. The van der Waals surface area contributed by atoms with Gasteiger partial charge in [0.25, 0.3) is 0 Å². The van der Waals surface area contributed by atoms with Crippen molar-refractivity contribution in [2.45, 2.75) is 50.5 Å². The lowest BCUT2D eigenvalue weighted by Gasteiger charge is -2.38. The predicted octanol–water partition coefficient (Wildman–Crippen LogP) is 2.42. The van der Waals surface area contributed by atoms with Gasteiger partial charge in [0.05, 0.1) is 0 Å². The number of nitrogens with zero attached hydrogens (tertiary/aromatic N) is 4. The van der Waals surface area contributed by atoms with Crippen molar-refractivity contribution in [3.63, 3.8) is 0 Å². The SMILES string of the molecule is c1cc(N2CCN(C3CCCC3)CC2)nc(C2CC2)n1. The molecule has 1 aromatic rings. The minimum atomic E-state index is 0.648. The molecule has 1 saturated heterocycles. The van der Waals surface area contributed by atoms with Crippen molar-refractivity contribution in [1.82, 2.24) is 14.9 Å². The van der Waals surface area contributed by atoms with Gasteiger partial charge >= 0.3 is 0 Å². The minimum absolute atomic E-state index is 0.648. The Labute approximate surface area is 121 Å². The van der Waals surface area contributed by atoms with Crippen molar-refractivity contribution in [3.8, 4) is 0 Å². The number of aromatic nitrogens is 2. The zero-order valence-electron chi connectivity index (χ0n) is 12.2. The second kappa shape index (κ2) is 5.32.